The quantitative estimate of drug-likeness (QED) is 0.784. The van der Waals surface area contributed by atoms with Gasteiger partial charge in [-0.15, -0.1) is 0 Å². The minimum absolute atomic E-state index is 0.878. The maximum atomic E-state index is 4.30. The van der Waals surface area contributed by atoms with Crippen LogP contribution < -0.4 is 5.43 Å². The van der Waals surface area contributed by atoms with Gasteiger partial charge in [-0.05, 0) is 12.5 Å². The largest absolute Gasteiger partial charge is 0.265 e. The van der Waals surface area contributed by atoms with Crippen molar-refractivity contribution < 1.29 is 0 Å². The Bertz CT molecular complexity index is 406. The average molecular weight is 219 g/mol. The summed E-state index contributed by atoms with van der Waals surface area (Å²) >= 11 is 1.68. The molecule has 0 radical (unpaired) electrons. The number of nitrogens with one attached hydrogen (secondary N) is 1. The number of benzene rings is 1. The zero-order valence-electron chi connectivity index (χ0n) is 8.82. The Morgan fingerprint density at radius 3 is 2.60 bits per heavy atom. The lowest BCUT2D eigenvalue weighted by molar-refractivity contribution is 1.03. The SMILES string of the molecule is CN=C1NN=C(c2ccc(C)cc2)CS1. The van der Waals surface area contributed by atoms with Crippen LogP contribution in [0.3, 0.4) is 0 Å². The van der Waals surface area contributed by atoms with Crippen molar-refractivity contribution >= 4 is 22.6 Å². The van der Waals surface area contributed by atoms with Crippen LogP contribution in [0.1, 0.15) is 11.1 Å². The number of nitrogens with zero attached hydrogens (tertiary/aromatic N) is 2. The first-order chi connectivity index (χ1) is 7.29. The summed E-state index contributed by atoms with van der Waals surface area (Å²) in [5.41, 5.74) is 6.46. The van der Waals surface area contributed by atoms with Crippen LogP contribution in [0.4, 0.5) is 0 Å². The zero-order chi connectivity index (χ0) is 10.7. The van der Waals surface area contributed by atoms with Crippen molar-refractivity contribution in [3.63, 3.8) is 0 Å². The van der Waals surface area contributed by atoms with E-state index >= 15 is 0 Å². The predicted molar refractivity (Wildman–Crippen MR) is 66.7 cm³/mol. The molecule has 78 valence electrons. The molecule has 15 heavy (non-hydrogen) atoms. The molecule has 0 saturated carbocycles. The van der Waals surface area contributed by atoms with Crippen LogP contribution in [0.25, 0.3) is 0 Å². The van der Waals surface area contributed by atoms with Crippen molar-refractivity contribution in [2.75, 3.05) is 12.8 Å². The number of aryl methyl sites for hydroxylation is 1. The third-order valence-electron chi connectivity index (χ3n) is 2.22. The highest BCUT2D eigenvalue weighted by atomic mass is 32.2. The normalized spacial score (nSPS) is 18.5. The molecule has 1 heterocycles. The molecule has 0 aliphatic carbocycles. The van der Waals surface area contributed by atoms with Crippen LogP contribution in [0, 0.1) is 6.92 Å². The summed E-state index contributed by atoms with van der Waals surface area (Å²) in [4.78, 5) is 4.05. The van der Waals surface area contributed by atoms with E-state index in [0.29, 0.717) is 0 Å². The van der Waals surface area contributed by atoms with E-state index in [0.717, 1.165) is 16.6 Å². The molecule has 0 atom stereocenters. The molecule has 0 bridgehead atoms. The number of aliphatic imine (C=N–C) groups is 1. The zero-order valence-corrected chi connectivity index (χ0v) is 9.64. The van der Waals surface area contributed by atoms with Gasteiger partial charge < -0.3 is 0 Å². The molecular weight excluding hydrogens is 206 g/mol. The van der Waals surface area contributed by atoms with E-state index in [4.69, 9.17) is 0 Å². The van der Waals surface area contributed by atoms with Gasteiger partial charge in [-0.3, -0.25) is 10.4 Å². The standard InChI is InChI=1S/C11H13N3S/c1-8-3-5-9(6-4-8)10-7-15-11(12-2)14-13-10/h3-6H,7H2,1-2H3,(H,12,14). The van der Waals surface area contributed by atoms with Gasteiger partial charge in [0.25, 0.3) is 0 Å². The van der Waals surface area contributed by atoms with E-state index in [1.54, 1.807) is 18.8 Å². The van der Waals surface area contributed by atoms with Crippen molar-refractivity contribution in [2.24, 2.45) is 10.1 Å². The molecule has 1 aromatic rings. The van der Waals surface area contributed by atoms with Gasteiger partial charge in [0.05, 0.1) is 5.71 Å². The highest BCUT2D eigenvalue weighted by Crippen LogP contribution is 2.13. The number of hydrogen-bond donors (Lipinski definition) is 1. The highest BCUT2D eigenvalue weighted by molar-refractivity contribution is 8.14. The molecule has 1 aromatic carbocycles. The van der Waals surface area contributed by atoms with Gasteiger partial charge in [-0.2, -0.15) is 5.10 Å². The second-order valence-corrected chi connectivity index (χ2v) is 4.32. The first kappa shape index (κ1) is 10.2. The predicted octanol–water partition coefficient (Wildman–Crippen LogP) is 2.02. The number of hydrogen-bond acceptors (Lipinski definition) is 3. The lowest BCUT2D eigenvalue weighted by Crippen LogP contribution is -2.25. The topological polar surface area (TPSA) is 36.8 Å². The molecule has 4 heteroatoms. The Morgan fingerprint density at radius 2 is 2.07 bits per heavy atom. The van der Waals surface area contributed by atoms with Crippen LogP contribution in [0.2, 0.25) is 0 Å². The van der Waals surface area contributed by atoms with Crippen molar-refractivity contribution in [3.8, 4) is 0 Å². The fourth-order valence-electron chi connectivity index (χ4n) is 1.32. The van der Waals surface area contributed by atoms with Crippen molar-refractivity contribution in [1.82, 2.24) is 5.43 Å². The molecule has 3 nitrogen and oxygen atoms in total. The van der Waals surface area contributed by atoms with Crippen LogP contribution in [0.5, 0.6) is 0 Å². The summed E-state index contributed by atoms with van der Waals surface area (Å²) in [6.07, 6.45) is 0. The molecule has 0 spiro atoms. The van der Waals surface area contributed by atoms with E-state index in [-0.39, 0.29) is 0 Å². The van der Waals surface area contributed by atoms with Gasteiger partial charge >= 0.3 is 0 Å². The summed E-state index contributed by atoms with van der Waals surface area (Å²) in [6, 6.07) is 8.41. The molecule has 0 aromatic heterocycles. The van der Waals surface area contributed by atoms with Crippen LogP contribution >= 0.6 is 11.8 Å². The van der Waals surface area contributed by atoms with Gasteiger partial charge in [0.2, 0.25) is 0 Å². The minimum atomic E-state index is 0.878. The van der Waals surface area contributed by atoms with Crippen LogP contribution in [-0.2, 0) is 0 Å². The Labute approximate surface area is 93.7 Å². The van der Waals surface area contributed by atoms with Crippen LogP contribution in [0.15, 0.2) is 34.4 Å². The van der Waals surface area contributed by atoms with Crippen molar-refractivity contribution in [1.29, 1.82) is 0 Å². The van der Waals surface area contributed by atoms with Gasteiger partial charge in [0, 0.05) is 12.8 Å². The molecule has 0 fully saturated rings. The van der Waals surface area contributed by atoms with E-state index in [1.165, 1.54) is 11.1 Å². The lowest BCUT2D eigenvalue weighted by atomic mass is 10.1. The van der Waals surface area contributed by atoms with Gasteiger partial charge in [-0.25, -0.2) is 0 Å². The average Bonchev–Trinajstić information content (AvgIpc) is 2.30. The molecule has 1 aliphatic rings. The fourth-order valence-corrected chi connectivity index (χ4v) is 2.07. The van der Waals surface area contributed by atoms with E-state index in [2.05, 4.69) is 46.7 Å². The second kappa shape index (κ2) is 4.49. The Hall–Kier alpha value is -1.29. The van der Waals surface area contributed by atoms with Gasteiger partial charge in [-0.1, -0.05) is 41.6 Å². The molecule has 0 saturated heterocycles. The fraction of sp³-hybridized carbons (Fsp3) is 0.273. The smallest absolute Gasteiger partial charge is 0.177 e. The van der Waals surface area contributed by atoms with E-state index < -0.39 is 0 Å². The maximum Gasteiger partial charge on any atom is 0.177 e. The summed E-state index contributed by atoms with van der Waals surface area (Å²) < 4.78 is 0. The second-order valence-electron chi connectivity index (χ2n) is 3.35. The van der Waals surface area contributed by atoms with Crippen molar-refractivity contribution in [3.05, 3.63) is 35.4 Å². The first-order valence-electron chi connectivity index (χ1n) is 4.79. The molecule has 1 N–H and O–H groups in total. The summed E-state index contributed by atoms with van der Waals surface area (Å²) in [6.45, 7) is 2.08. The van der Waals surface area contributed by atoms with Crippen LogP contribution in [-0.4, -0.2) is 23.7 Å². The number of rotatable bonds is 1. The van der Waals surface area contributed by atoms with E-state index in [9.17, 15) is 0 Å². The summed E-state index contributed by atoms with van der Waals surface area (Å²) in [5, 5.41) is 5.18. The molecule has 0 amide bonds. The Balaban J connectivity index is 2.19. The maximum absolute atomic E-state index is 4.30. The third-order valence-corrected chi connectivity index (χ3v) is 3.19. The number of hydrazone groups is 1. The highest BCUT2D eigenvalue weighted by Gasteiger charge is 2.11. The van der Waals surface area contributed by atoms with Crippen molar-refractivity contribution in [2.45, 2.75) is 6.92 Å². The summed E-state index contributed by atoms with van der Waals surface area (Å²) in [5.74, 6) is 0.878. The number of thioether (sulfide) groups is 1. The lowest BCUT2D eigenvalue weighted by Gasteiger charge is -2.14. The third kappa shape index (κ3) is 2.39. The number of amidine groups is 1. The first-order valence-corrected chi connectivity index (χ1v) is 5.77. The van der Waals surface area contributed by atoms with Gasteiger partial charge in [0.15, 0.2) is 5.17 Å². The Kier molecular flexibility index (Phi) is 3.06. The Morgan fingerprint density at radius 1 is 1.33 bits per heavy atom. The molecular formula is C11H13N3S. The summed E-state index contributed by atoms with van der Waals surface area (Å²) in [7, 11) is 1.77. The molecule has 0 unspecified atom stereocenters. The van der Waals surface area contributed by atoms with Gasteiger partial charge in [0.1, 0.15) is 0 Å². The molecule has 1 aliphatic heterocycles. The van der Waals surface area contributed by atoms with E-state index in [1.807, 2.05) is 0 Å². The minimum Gasteiger partial charge on any atom is -0.265 e. The molecule has 2 rings (SSSR count). The monoisotopic (exact) mass is 219 g/mol.